The summed E-state index contributed by atoms with van der Waals surface area (Å²) in [6.07, 6.45) is 1.32. The normalized spacial score (nSPS) is 11.6. The molecule has 0 aliphatic carbocycles. The summed E-state index contributed by atoms with van der Waals surface area (Å²) in [4.78, 5) is 11.4. The number of nitrogen functional groups attached to an aromatic ring is 1. The fourth-order valence-electron chi connectivity index (χ4n) is 1.45. The molecule has 1 aromatic rings. The predicted molar refractivity (Wildman–Crippen MR) is 76.0 cm³/mol. The van der Waals surface area contributed by atoms with Gasteiger partial charge in [0.25, 0.3) is 0 Å². The van der Waals surface area contributed by atoms with Gasteiger partial charge in [0.1, 0.15) is 9.90 Å². The van der Waals surface area contributed by atoms with Gasteiger partial charge in [0.15, 0.2) is 15.7 Å². The Balaban J connectivity index is 2.63. The van der Waals surface area contributed by atoms with Crippen molar-refractivity contribution >= 4 is 38.1 Å². The van der Waals surface area contributed by atoms with Crippen LogP contribution >= 0.6 is 11.5 Å². The Morgan fingerprint density at radius 1 is 1.47 bits per heavy atom. The van der Waals surface area contributed by atoms with E-state index < -0.39 is 9.84 Å². The summed E-state index contributed by atoms with van der Waals surface area (Å²) >= 11 is 0.972. The summed E-state index contributed by atoms with van der Waals surface area (Å²) in [5, 5.41) is 6.00. The van der Waals surface area contributed by atoms with Crippen molar-refractivity contribution in [1.82, 2.24) is 9.69 Å². The number of carbonyl (C=O) groups excluding carboxylic acids is 1. The number of anilines is 2. The van der Waals surface area contributed by atoms with E-state index in [1.807, 2.05) is 13.8 Å². The lowest BCUT2D eigenvalue weighted by atomic mass is 10.3. The third-order valence-electron chi connectivity index (χ3n) is 2.13. The van der Waals surface area contributed by atoms with Crippen LogP contribution in [-0.2, 0) is 14.6 Å². The molecule has 1 rings (SSSR count). The molecule has 0 spiro atoms. The van der Waals surface area contributed by atoms with E-state index >= 15 is 0 Å². The van der Waals surface area contributed by atoms with Crippen molar-refractivity contribution in [3.8, 4) is 0 Å². The molecule has 7 nitrogen and oxygen atoms in total. The van der Waals surface area contributed by atoms with Gasteiger partial charge in [-0.1, -0.05) is 0 Å². The third-order valence-corrected chi connectivity index (χ3v) is 4.24. The molecule has 4 N–H and O–H groups in total. The second-order valence-corrected chi connectivity index (χ2v) is 7.12. The minimum atomic E-state index is -3.43. The molecule has 0 aliphatic heterocycles. The van der Waals surface area contributed by atoms with Crippen molar-refractivity contribution in [3.05, 3.63) is 0 Å². The molecule has 0 saturated heterocycles. The molecule has 1 heterocycles. The fourth-order valence-corrected chi connectivity index (χ4v) is 3.54. The molecule has 0 aromatic carbocycles. The molecule has 0 fully saturated rings. The third kappa shape index (κ3) is 4.67. The number of nitrogens with one attached hydrogen (secondary N) is 2. The van der Waals surface area contributed by atoms with Gasteiger partial charge in [0, 0.05) is 25.3 Å². The van der Waals surface area contributed by atoms with Crippen molar-refractivity contribution < 1.29 is 13.2 Å². The Bertz CT molecular complexity index is 551. The second-order valence-electron chi connectivity index (χ2n) is 4.40. The SMILES string of the molecule is CC(C)NC(=O)CCNc1snc(N)c1S(C)(=O)=O. The number of nitrogens with zero attached hydrogens (tertiary/aromatic N) is 1. The Kier molecular flexibility index (Phi) is 5.12. The van der Waals surface area contributed by atoms with Gasteiger partial charge in [-0.15, -0.1) is 0 Å². The molecular formula is C10H18N4O3S2. The van der Waals surface area contributed by atoms with E-state index in [9.17, 15) is 13.2 Å². The van der Waals surface area contributed by atoms with Gasteiger partial charge in [-0.3, -0.25) is 4.79 Å². The standard InChI is InChI=1S/C10H18N4O3S2/c1-6(2)13-7(15)4-5-12-10-8(19(3,16)17)9(11)14-18-10/h6,12H,4-5H2,1-3H3,(H2,11,14)(H,13,15). The molecule has 108 valence electrons. The quantitative estimate of drug-likeness (QED) is 0.703. The van der Waals surface area contributed by atoms with Gasteiger partial charge in [-0.2, -0.15) is 4.37 Å². The number of carbonyl (C=O) groups is 1. The average Bonchev–Trinajstić information content (AvgIpc) is 2.57. The van der Waals surface area contributed by atoms with Crippen LogP contribution in [0, 0.1) is 0 Å². The van der Waals surface area contributed by atoms with E-state index in [0.717, 1.165) is 17.8 Å². The molecule has 0 aliphatic rings. The van der Waals surface area contributed by atoms with Crippen LogP contribution in [-0.4, -0.2) is 37.5 Å². The fraction of sp³-hybridized carbons (Fsp3) is 0.600. The first-order chi connectivity index (χ1) is 8.71. The van der Waals surface area contributed by atoms with E-state index in [1.54, 1.807) is 0 Å². The first kappa shape index (κ1) is 15.7. The van der Waals surface area contributed by atoms with E-state index in [2.05, 4.69) is 15.0 Å². The van der Waals surface area contributed by atoms with Gasteiger partial charge >= 0.3 is 0 Å². The number of amides is 1. The van der Waals surface area contributed by atoms with Crippen molar-refractivity contribution in [2.24, 2.45) is 0 Å². The molecule has 1 amide bonds. The van der Waals surface area contributed by atoms with Crippen LogP contribution in [0.3, 0.4) is 0 Å². The predicted octanol–water partition coefficient (Wildman–Crippen LogP) is 0.455. The minimum Gasteiger partial charge on any atom is -0.382 e. The highest BCUT2D eigenvalue weighted by Gasteiger charge is 2.21. The molecule has 1 aromatic heterocycles. The van der Waals surface area contributed by atoms with Crippen LogP contribution in [0.15, 0.2) is 4.90 Å². The van der Waals surface area contributed by atoms with Crippen molar-refractivity contribution in [1.29, 1.82) is 0 Å². The van der Waals surface area contributed by atoms with Crippen LogP contribution in [0.5, 0.6) is 0 Å². The molecule has 0 atom stereocenters. The van der Waals surface area contributed by atoms with Gasteiger partial charge in [-0.25, -0.2) is 8.42 Å². The summed E-state index contributed by atoms with van der Waals surface area (Å²) < 4.78 is 26.9. The van der Waals surface area contributed by atoms with E-state index in [-0.39, 0.29) is 29.1 Å². The number of aromatic nitrogens is 1. The van der Waals surface area contributed by atoms with Gasteiger partial charge < -0.3 is 16.4 Å². The van der Waals surface area contributed by atoms with Gasteiger partial charge in [0.05, 0.1) is 0 Å². The molecule has 0 bridgehead atoms. The minimum absolute atomic E-state index is 0.00164. The zero-order chi connectivity index (χ0) is 14.6. The molecule has 19 heavy (non-hydrogen) atoms. The first-order valence-corrected chi connectivity index (χ1v) is 8.36. The monoisotopic (exact) mass is 306 g/mol. The summed E-state index contributed by atoms with van der Waals surface area (Å²) in [7, 11) is -3.43. The first-order valence-electron chi connectivity index (χ1n) is 5.70. The van der Waals surface area contributed by atoms with Gasteiger partial charge in [0.2, 0.25) is 5.91 Å². The number of sulfone groups is 1. The van der Waals surface area contributed by atoms with Crippen molar-refractivity contribution in [3.63, 3.8) is 0 Å². The summed E-state index contributed by atoms with van der Waals surface area (Å²) in [6, 6.07) is 0.0816. The van der Waals surface area contributed by atoms with Gasteiger partial charge in [-0.05, 0) is 25.4 Å². The van der Waals surface area contributed by atoms with Crippen LogP contribution in [0.4, 0.5) is 10.8 Å². The van der Waals surface area contributed by atoms with Crippen LogP contribution in [0.1, 0.15) is 20.3 Å². The zero-order valence-corrected chi connectivity index (χ0v) is 12.7. The Morgan fingerprint density at radius 2 is 2.11 bits per heavy atom. The molecule has 0 unspecified atom stereocenters. The second kappa shape index (κ2) is 6.20. The maximum Gasteiger partial charge on any atom is 0.221 e. The zero-order valence-electron chi connectivity index (χ0n) is 11.1. The average molecular weight is 306 g/mol. The van der Waals surface area contributed by atoms with E-state index in [4.69, 9.17) is 5.73 Å². The maximum atomic E-state index is 11.5. The number of hydrogen-bond acceptors (Lipinski definition) is 7. The topological polar surface area (TPSA) is 114 Å². The van der Waals surface area contributed by atoms with Crippen LogP contribution in [0.25, 0.3) is 0 Å². The highest BCUT2D eigenvalue weighted by molar-refractivity contribution is 7.91. The lowest BCUT2D eigenvalue weighted by Gasteiger charge is -2.09. The molecule has 0 radical (unpaired) electrons. The molecular weight excluding hydrogens is 288 g/mol. The largest absolute Gasteiger partial charge is 0.382 e. The Morgan fingerprint density at radius 3 is 2.63 bits per heavy atom. The summed E-state index contributed by atoms with van der Waals surface area (Å²) in [5.41, 5.74) is 5.53. The highest BCUT2D eigenvalue weighted by atomic mass is 32.2. The smallest absolute Gasteiger partial charge is 0.221 e. The Hall–Kier alpha value is -1.35. The van der Waals surface area contributed by atoms with Crippen molar-refractivity contribution in [2.45, 2.75) is 31.2 Å². The lowest BCUT2D eigenvalue weighted by Crippen LogP contribution is -2.31. The molecule has 0 saturated carbocycles. The number of hydrogen-bond donors (Lipinski definition) is 3. The summed E-state index contributed by atoms with van der Waals surface area (Å²) in [5.74, 6) is -0.109. The van der Waals surface area contributed by atoms with E-state index in [1.165, 1.54) is 0 Å². The van der Waals surface area contributed by atoms with Crippen LogP contribution in [0.2, 0.25) is 0 Å². The maximum absolute atomic E-state index is 11.5. The van der Waals surface area contributed by atoms with E-state index in [0.29, 0.717) is 11.5 Å². The lowest BCUT2D eigenvalue weighted by molar-refractivity contribution is -0.121. The van der Waals surface area contributed by atoms with Crippen LogP contribution < -0.4 is 16.4 Å². The Labute approximate surface area is 116 Å². The molecule has 9 heteroatoms. The number of nitrogens with two attached hydrogens (primary N) is 1. The van der Waals surface area contributed by atoms with Crippen molar-refractivity contribution in [2.75, 3.05) is 23.9 Å². The highest BCUT2D eigenvalue weighted by Crippen LogP contribution is 2.31. The number of rotatable bonds is 6. The summed E-state index contributed by atoms with van der Waals surface area (Å²) in [6.45, 7) is 4.07.